The average Bonchev–Trinajstić information content (AvgIpc) is 3.10. The van der Waals surface area contributed by atoms with Crippen LogP contribution in [-0.2, 0) is 17.6 Å². The first-order valence-corrected chi connectivity index (χ1v) is 9.82. The highest BCUT2D eigenvalue weighted by molar-refractivity contribution is 6.31. The van der Waals surface area contributed by atoms with Gasteiger partial charge in [-0.2, -0.15) is 0 Å². The minimum atomic E-state index is -0.0546. The molecule has 5 nitrogen and oxygen atoms in total. The maximum Gasteiger partial charge on any atom is 0.210 e. The van der Waals surface area contributed by atoms with Crippen molar-refractivity contribution in [1.29, 1.82) is 0 Å². The molecule has 1 atom stereocenters. The molecular formula is C22H23ClN2O3. The average molecular weight is 399 g/mol. The molecule has 6 heteroatoms. The number of aromatic nitrogens is 1. The predicted octanol–water partition coefficient (Wildman–Crippen LogP) is 4.53. The van der Waals surface area contributed by atoms with Crippen LogP contribution in [0.2, 0.25) is 5.02 Å². The SMILES string of the molecule is CCOc1cc2c(cc1OC)CCN(C=O)C2Cc1c[nH]c2cc(Cl)ccc12. The number of rotatable bonds is 6. The molecule has 1 N–H and O–H groups in total. The standard InChI is InChI=1S/C22H23ClN2O3/c1-3-28-22-11-18-14(9-21(22)27-2)6-7-25(13-26)20(18)8-15-12-24-19-10-16(23)4-5-17(15)19/h4-5,9-13,20,24H,3,6-8H2,1-2H3. The first-order chi connectivity index (χ1) is 13.6. The van der Waals surface area contributed by atoms with Gasteiger partial charge in [0.05, 0.1) is 19.8 Å². The van der Waals surface area contributed by atoms with Gasteiger partial charge >= 0.3 is 0 Å². The maximum atomic E-state index is 11.8. The van der Waals surface area contributed by atoms with Crippen molar-refractivity contribution in [3.05, 3.63) is 58.2 Å². The van der Waals surface area contributed by atoms with Crippen LogP contribution >= 0.6 is 11.6 Å². The van der Waals surface area contributed by atoms with Crippen LogP contribution in [0, 0.1) is 0 Å². The summed E-state index contributed by atoms with van der Waals surface area (Å²) >= 11 is 6.11. The molecule has 0 aliphatic carbocycles. The van der Waals surface area contributed by atoms with E-state index in [0.717, 1.165) is 40.6 Å². The van der Waals surface area contributed by atoms with E-state index >= 15 is 0 Å². The molecule has 1 unspecified atom stereocenters. The van der Waals surface area contributed by atoms with E-state index in [0.29, 0.717) is 30.3 Å². The molecule has 0 spiro atoms. The molecule has 0 bridgehead atoms. The zero-order valence-corrected chi connectivity index (χ0v) is 16.8. The Balaban J connectivity index is 1.76. The number of carbonyl (C=O) groups excluding carboxylic acids is 1. The zero-order valence-electron chi connectivity index (χ0n) is 16.0. The summed E-state index contributed by atoms with van der Waals surface area (Å²) in [4.78, 5) is 17.0. The molecule has 0 radical (unpaired) electrons. The fraction of sp³-hybridized carbons (Fsp3) is 0.318. The van der Waals surface area contributed by atoms with Gasteiger partial charge in [0.15, 0.2) is 11.5 Å². The van der Waals surface area contributed by atoms with Crippen LogP contribution in [0.1, 0.15) is 29.7 Å². The minimum absolute atomic E-state index is 0.0546. The Labute approximate surface area is 169 Å². The maximum absolute atomic E-state index is 11.8. The second kappa shape index (κ2) is 7.76. The molecule has 1 aliphatic heterocycles. The van der Waals surface area contributed by atoms with E-state index in [2.05, 4.69) is 4.98 Å². The molecule has 1 amide bonds. The van der Waals surface area contributed by atoms with Gasteiger partial charge in [-0.25, -0.2) is 0 Å². The van der Waals surface area contributed by atoms with Crippen LogP contribution in [0.5, 0.6) is 11.5 Å². The Bertz CT molecular complexity index is 1010. The van der Waals surface area contributed by atoms with E-state index in [-0.39, 0.29) is 6.04 Å². The third-order valence-corrected chi connectivity index (χ3v) is 5.64. The number of halogens is 1. The summed E-state index contributed by atoms with van der Waals surface area (Å²) in [6, 6.07) is 9.86. The van der Waals surface area contributed by atoms with Crippen molar-refractivity contribution in [3.8, 4) is 11.5 Å². The van der Waals surface area contributed by atoms with Crippen LogP contribution < -0.4 is 9.47 Å². The third kappa shape index (κ3) is 3.31. The second-order valence-corrected chi connectivity index (χ2v) is 7.39. The van der Waals surface area contributed by atoms with Gasteiger partial charge in [0, 0.05) is 28.7 Å². The summed E-state index contributed by atoms with van der Waals surface area (Å²) in [6.45, 7) is 3.19. The van der Waals surface area contributed by atoms with Crippen molar-refractivity contribution in [2.24, 2.45) is 0 Å². The monoisotopic (exact) mass is 398 g/mol. The lowest BCUT2D eigenvalue weighted by atomic mass is 9.88. The predicted molar refractivity (Wildman–Crippen MR) is 110 cm³/mol. The molecule has 2 heterocycles. The fourth-order valence-electron chi connectivity index (χ4n) is 4.05. The molecule has 1 aliphatic rings. The molecule has 0 saturated heterocycles. The summed E-state index contributed by atoms with van der Waals surface area (Å²) in [5, 5.41) is 1.83. The first kappa shape index (κ1) is 18.7. The summed E-state index contributed by atoms with van der Waals surface area (Å²) in [7, 11) is 1.65. The van der Waals surface area contributed by atoms with Gasteiger partial charge in [0.1, 0.15) is 0 Å². The minimum Gasteiger partial charge on any atom is -0.493 e. The Morgan fingerprint density at radius 3 is 2.89 bits per heavy atom. The number of benzene rings is 2. The van der Waals surface area contributed by atoms with Gasteiger partial charge in [-0.1, -0.05) is 17.7 Å². The second-order valence-electron chi connectivity index (χ2n) is 6.95. The lowest BCUT2D eigenvalue weighted by molar-refractivity contribution is -0.120. The van der Waals surface area contributed by atoms with E-state index in [4.69, 9.17) is 21.1 Å². The number of nitrogens with one attached hydrogen (secondary N) is 1. The van der Waals surface area contributed by atoms with Gasteiger partial charge in [-0.05, 0) is 60.7 Å². The molecular weight excluding hydrogens is 376 g/mol. The van der Waals surface area contributed by atoms with Gasteiger partial charge in [-0.15, -0.1) is 0 Å². The Morgan fingerprint density at radius 1 is 1.29 bits per heavy atom. The number of aromatic amines is 1. The summed E-state index contributed by atoms with van der Waals surface area (Å²) in [6.07, 6.45) is 4.47. The number of carbonyl (C=O) groups is 1. The Kier molecular flexibility index (Phi) is 5.18. The quantitative estimate of drug-likeness (QED) is 0.621. The number of hydrogen-bond donors (Lipinski definition) is 1. The molecule has 4 rings (SSSR count). The number of methoxy groups -OCH3 is 1. The van der Waals surface area contributed by atoms with Gasteiger partial charge in [0.25, 0.3) is 0 Å². The van der Waals surface area contributed by atoms with Gasteiger partial charge < -0.3 is 19.4 Å². The third-order valence-electron chi connectivity index (χ3n) is 5.40. The number of ether oxygens (including phenoxy) is 2. The van der Waals surface area contributed by atoms with Gasteiger partial charge in [0.2, 0.25) is 6.41 Å². The van der Waals surface area contributed by atoms with Crippen molar-refractivity contribution in [1.82, 2.24) is 9.88 Å². The van der Waals surface area contributed by atoms with E-state index in [1.165, 1.54) is 5.56 Å². The molecule has 0 fully saturated rings. The number of hydrogen-bond acceptors (Lipinski definition) is 3. The molecule has 2 aromatic carbocycles. The molecule has 3 aromatic rings. The van der Waals surface area contributed by atoms with Crippen molar-refractivity contribution >= 4 is 28.9 Å². The van der Waals surface area contributed by atoms with E-state index in [1.807, 2.05) is 48.4 Å². The Morgan fingerprint density at radius 2 is 2.14 bits per heavy atom. The lowest BCUT2D eigenvalue weighted by Crippen LogP contribution is -2.35. The zero-order chi connectivity index (χ0) is 19.7. The molecule has 146 valence electrons. The van der Waals surface area contributed by atoms with Crippen LogP contribution in [0.25, 0.3) is 10.9 Å². The van der Waals surface area contributed by atoms with E-state index < -0.39 is 0 Å². The largest absolute Gasteiger partial charge is 0.493 e. The van der Waals surface area contributed by atoms with Crippen LogP contribution in [0.15, 0.2) is 36.5 Å². The molecule has 0 saturated carbocycles. The number of nitrogens with zero attached hydrogens (tertiary/aromatic N) is 1. The summed E-state index contributed by atoms with van der Waals surface area (Å²) in [5.74, 6) is 1.45. The highest BCUT2D eigenvalue weighted by Gasteiger charge is 2.29. The topological polar surface area (TPSA) is 54.6 Å². The highest BCUT2D eigenvalue weighted by atomic mass is 35.5. The summed E-state index contributed by atoms with van der Waals surface area (Å²) < 4.78 is 11.3. The van der Waals surface area contributed by atoms with Crippen LogP contribution in [-0.4, -0.2) is 36.6 Å². The fourth-order valence-corrected chi connectivity index (χ4v) is 4.22. The number of fused-ring (bicyclic) bond motifs is 2. The van der Waals surface area contributed by atoms with E-state index in [1.54, 1.807) is 7.11 Å². The molecule has 28 heavy (non-hydrogen) atoms. The van der Waals surface area contributed by atoms with Crippen LogP contribution in [0.3, 0.4) is 0 Å². The van der Waals surface area contributed by atoms with Crippen molar-refractivity contribution in [2.45, 2.75) is 25.8 Å². The highest BCUT2D eigenvalue weighted by Crippen LogP contribution is 2.40. The van der Waals surface area contributed by atoms with Crippen LogP contribution in [0.4, 0.5) is 0 Å². The first-order valence-electron chi connectivity index (χ1n) is 9.44. The Hall–Kier alpha value is -2.66. The normalized spacial score (nSPS) is 16.1. The summed E-state index contributed by atoms with van der Waals surface area (Å²) in [5.41, 5.74) is 4.48. The van der Waals surface area contributed by atoms with Gasteiger partial charge in [-0.3, -0.25) is 4.79 Å². The van der Waals surface area contributed by atoms with E-state index in [9.17, 15) is 4.79 Å². The number of amides is 1. The smallest absolute Gasteiger partial charge is 0.210 e. The lowest BCUT2D eigenvalue weighted by Gasteiger charge is -2.35. The van der Waals surface area contributed by atoms with Crippen molar-refractivity contribution in [2.75, 3.05) is 20.3 Å². The molecule has 1 aromatic heterocycles. The number of H-pyrrole nitrogens is 1. The van der Waals surface area contributed by atoms with Crippen molar-refractivity contribution in [3.63, 3.8) is 0 Å². The van der Waals surface area contributed by atoms with Crippen molar-refractivity contribution < 1.29 is 14.3 Å².